The van der Waals surface area contributed by atoms with Gasteiger partial charge >= 0.3 is 12.1 Å². The molecule has 0 aromatic heterocycles. The van der Waals surface area contributed by atoms with Crippen molar-refractivity contribution in [2.24, 2.45) is 4.99 Å². The van der Waals surface area contributed by atoms with Crippen molar-refractivity contribution in [3.05, 3.63) is 23.4 Å². The van der Waals surface area contributed by atoms with E-state index >= 15 is 0 Å². The van der Waals surface area contributed by atoms with Crippen molar-refractivity contribution >= 4 is 12.7 Å². The predicted octanol–water partition coefficient (Wildman–Crippen LogP) is 2.16. The summed E-state index contributed by atoms with van der Waals surface area (Å²) in [4.78, 5) is 13.1. The fraction of sp³-hybridized carbons (Fsp3) is 0.250. The number of halogens is 3. The highest BCUT2D eigenvalue weighted by Gasteiger charge is 2.33. The van der Waals surface area contributed by atoms with Crippen molar-refractivity contribution in [1.29, 1.82) is 0 Å². The number of carboxylic acid groups (broad SMARTS) is 1. The Balaban J connectivity index is 5.13. The second kappa shape index (κ2) is 4.59. The molecule has 3 nitrogen and oxygen atoms in total. The lowest BCUT2D eigenvalue weighted by Crippen LogP contribution is -2.11. The molecule has 0 bridgehead atoms. The highest BCUT2D eigenvalue weighted by molar-refractivity contribution is 5.89. The molecule has 0 aromatic rings. The minimum Gasteiger partial charge on any atom is -0.478 e. The van der Waals surface area contributed by atoms with Crippen molar-refractivity contribution in [2.45, 2.75) is 13.1 Å². The van der Waals surface area contributed by atoms with E-state index in [0.717, 1.165) is 6.08 Å². The van der Waals surface area contributed by atoms with Gasteiger partial charge in [0, 0.05) is 0 Å². The van der Waals surface area contributed by atoms with Crippen molar-refractivity contribution in [1.82, 2.24) is 0 Å². The fourth-order valence-electron chi connectivity index (χ4n) is 0.633. The van der Waals surface area contributed by atoms with Crippen LogP contribution in [0.5, 0.6) is 0 Å². The van der Waals surface area contributed by atoms with Gasteiger partial charge in [0.05, 0.1) is 5.57 Å². The zero-order valence-corrected chi connectivity index (χ0v) is 7.30. The van der Waals surface area contributed by atoms with E-state index in [2.05, 4.69) is 11.7 Å². The van der Waals surface area contributed by atoms with Crippen LogP contribution < -0.4 is 0 Å². The Bertz CT molecular complexity index is 302. The van der Waals surface area contributed by atoms with Crippen LogP contribution in [0.3, 0.4) is 0 Å². The number of aliphatic carboxylic acids is 1. The number of hydrogen-bond acceptors (Lipinski definition) is 2. The molecule has 0 amide bonds. The number of allylic oxidation sites excluding steroid dienone is 2. The van der Waals surface area contributed by atoms with Gasteiger partial charge in [-0.25, -0.2) is 4.79 Å². The molecule has 0 aliphatic rings. The zero-order valence-electron chi connectivity index (χ0n) is 7.30. The summed E-state index contributed by atoms with van der Waals surface area (Å²) in [7, 11) is 0. The van der Waals surface area contributed by atoms with E-state index in [4.69, 9.17) is 5.11 Å². The zero-order chi connectivity index (χ0) is 11.4. The third kappa shape index (κ3) is 3.42. The monoisotopic (exact) mass is 207 g/mol. The van der Waals surface area contributed by atoms with Crippen molar-refractivity contribution < 1.29 is 23.1 Å². The van der Waals surface area contributed by atoms with Gasteiger partial charge in [-0.3, -0.25) is 4.99 Å². The second-order valence-corrected chi connectivity index (χ2v) is 2.23. The minimum atomic E-state index is -4.69. The van der Waals surface area contributed by atoms with Crippen molar-refractivity contribution in [3.63, 3.8) is 0 Å². The summed E-state index contributed by atoms with van der Waals surface area (Å²) in [6, 6.07) is 0. The molecule has 0 unspecified atom stereocenters. The molecule has 0 aromatic carbocycles. The summed E-state index contributed by atoms with van der Waals surface area (Å²) in [6.07, 6.45) is -3.22. The van der Waals surface area contributed by atoms with Crippen molar-refractivity contribution in [3.8, 4) is 0 Å². The van der Waals surface area contributed by atoms with Gasteiger partial charge in [0.15, 0.2) is 0 Å². The molecule has 0 aliphatic heterocycles. The Morgan fingerprint density at radius 3 is 2.21 bits per heavy atom. The third-order valence-electron chi connectivity index (χ3n) is 1.31. The maximum absolute atomic E-state index is 12.1. The van der Waals surface area contributed by atoms with Gasteiger partial charge in [0.2, 0.25) is 0 Å². The molecule has 0 radical (unpaired) electrons. The Hall–Kier alpha value is -1.59. The van der Waals surface area contributed by atoms with Gasteiger partial charge in [0.1, 0.15) is 5.70 Å². The van der Waals surface area contributed by atoms with E-state index < -0.39 is 23.4 Å². The molecule has 0 saturated heterocycles. The van der Waals surface area contributed by atoms with Gasteiger partial charge < -0.3 is 5.11 Å². The largest absolute Gasteiger partial charge is 0.478 e. The van der Waals surface area contributed by atoms with Gasteiger partial charge in [-0.15, -0.1) is 0 Å². The quantitative estimate of drug-likeness (QED) is 0.438. The number of hydrogen-bond donors (Lipinski definition) is 1. The lowest BCUT2D eigenvalue weighted by atomic mass is 10.2. The Morgan fingerprint density at radius 1 is 1.50 bits per heavy atom. The van der Waals surface area contributed by atoms with E-state index in [-0.39, 0.29) is 0 Å². The van der Waals surface area contributed by atoms with Gasteiger partial charge in [-0.2, -0.15) is 13.2 Å². The van der Waals surface area contributed by atoms with Crippen LogP contribution in [0, 0.1) is 0 Å². The first-order chi connectivity index (χ1) is 6.32. The normalized spacial score (nSPS) is 14.0. The summed E-state index contributed by atoms with van der Waals surface area (Å²) >= 11 is 0. The molecule has 0 aliphatic carbocycles. The summed E-state index contributed by atoms with van der Waals surface area (Å²) in [5, 5.41) is 8.44. The van der Waals surface area contributed by atoms with Crippen molar-refractivity contribution in [2.75, 3.05) is 0 Å². The Labute approximate surface area is 78.3 Å². The fourth-order valence-corrected chi connectivity index (χ4v) is 0.633. The van der Waals surface area contributed by atoms with E-state index in [9.17, 15) is 18.0 Å². The average molecular weight is 207 g/mol. The van der Waals surface area contributed by atoms with Crippen LogP contribution in [0.25, 0.3) is 0 Å². The van der Waals surface area contributed by atoms with Crippen LogP contribution in [0.4, 0.5) is 13.2 Å². The summed E-state index contributed by atoms with van der Waals surface area (Å²) < 4.78 is 36.2. The minimum absolute atomic E-state index is 0.426. The first-order valence-electron chi connectivity index (χ1n) is 3.48. The lowest BCUT2D eigenvalue weighted by molar-refractivity contribution is -0.132. The number of carbonyl (C=O) groups is 1. The van der Waals surface area contributed by atoms with E-state index in [1.165, 1.54) is 6.92 Å². The highest BCUT2D eigenvalue weighted by Crippen LogP contribution is 2.27. The number of nitrogens with zero attached hydrogens (tertiary/aromatic N) is 1. The summed E-state index contributed by atoms with van der Waals surface area (Å²) in [5.74, 6) is -1.45. The molecule has 0 fully saturated rings. The highest BCUT2D eigenvalue weighted by atomic mass is 19.4. The molecular weight excluding hydrogens is 199 g/mol. The Kier molecular flexibility index (Phi) is 4.07. The lowest BCUT2D eigenvalue weighted by Gasteiger charge is -2.05. The maximum Gasteiger partial charge on any atom is 0.433 e. The molecule has 6 heteroatoms. The predicted molar refractivity (Wildman–Crippen MR) is 45.1 cm³/mol. The third-order valence-corrected chi connectivity index (χ3v) is 1.31. The SMILES string of the molecule is C=N/C(=C\C(=C/C)C(=O)O)C(F)(F)F. The van der Waals surface area contributed by atoms with Crippen LogP contribution in [0.1, 0.15) is 6.92 Å². The topological polar surface area (TPSA) is 49.7 Å². The summed E-state index contributed by atoms with van der Waals surface area (Å²) in [5.41, 5.74) is -1.81. The molecule has 1 N–H and O–H groups in total. The molecule has 14 heavy (non-hydrogen) atoms. The van der Waals surface area contributed by atoms with Crippen LogP contribution in [0.15, 0.2) is 28.4 Å². The smallest absolute Gasteiger partial charge is 0.433 e. The van der Waals surface area contributed by atoms with Gasteiger partial charge in [-0.1, -0.05) is 6.08 Å². The van der Waals surface area contributed by atoms with Crippen LogP contribution in [-0.2, 0) is 4.79 Å². The van der Waals surface area contributed by atoms with Gasteiger partial charge in [0.25, 0.3) is 0 Å². The maximum atomic E-state index is 12.1. The van der Waals surface area contributed by atoms with E-state index in [0.29, 0.717) is 6.08 Å². The van der Waals surface area contributed by atoms with Crippen LogP contribution in [-0.4, -0.2) is 24.0 Å². The van der Waals surface area contributed by atoms with Crippen LogP contribution in [0.2, 0.25) is 0 Å². The molecule has 0 rings (SSSR count). The number of alkyl halides is 3. The molecule has 78 valence electrons. The average Bonchev–Trinajstić information content (AvgIpc) is 2.03. The first-order valence-corrected chi connectivity index (χ1v) is 3.48. The molecule has 0 saturated carbocycles. The molecular formula is C8H8F3NO2. The standard InChI is InChI=1S/C8H8F3NO2/c1-3-5(7(13)14)4-6(12-2)8(9,10)11/h3-4H,2H2,1H3,(H,13,14)/b5-3+,6-4-. The number of rotatable bonds is 3. The number of aliphatic imine (C=N–C) groups is 1. The molecule has 0 heterocycles. The van der Waals surface area contributed by atoms with Crippen LogP contribution >= 0.6 is 0 Å². The van der Waals surface area contributed by atoms with E-state index in [1.54, 1.807) is 0 Å². The first kappa shape index (κ1) is 12.4. The molecule has 0 spiro atoms. The van der Waals surface area contributed by atoms with Gasteiger partial charge in [-0.05, 0) is 19.7 Å². The Morgan fingerprint density at radius 2 is 2.00 bits per heavy atom. The number of carboxylic acids is 1. The second-order valence-electron chi connectivity index (χ2n) is 2.23. The summed E-state index contributed by atoms with van der Waals surface area (Å²) in [6.45, 7) is 4.03. The molecule has 0 atom stereocenters. The van der Waals surface area contributed by atoms with E-state index in [1.807, 2.05) is 0 Å².